The highest BCUT2D eigenvalue weighted by Crippen LogP contribution is 2.22. The average molecular weight is 269 g/mol. The predicted molar refractivity (Wildman–Crippen MR) is 71.7 cm³/mol. The Hall–Kier alpha value is -1.13. The Kier molecular flexibility index (Phi) is 3.97. The first kappa shape index (κ1) is 12.3. The van der Waals surface area contributed by atoms with E-state index in [-0.39, 0.29) is 11.4 Å². The highest BCUT2D eigenvalue weighted by molar-refractivity contribution is 7.13. The molecule has 0 aliphatic rings. The fraction of sp³-hybridized carbons (Fsp3) is 0.333. The molecule has 5 heteroatoms. The third kappa shape index (κ3) is 2.58. The number of nitrogens with zero attached hydrogens (tertiary/aromatic N) is 2. The predicted octanol–water partition coefficient (Wildman–Crippen LogP) is 3.12. The van der Waals surface area contributed by atoms with E-state index in [1.54, 1.807) is 17.4 Å². The largest absolute Gasteiger partial charge is 0.271 e. The van der Waals surface area contributed by atoms with Gasteiger partial charge >= 0.3 is 0 Å². The van der Waals surface area contributed by atoms with Gasteiger partial charge in [-0.05, 0) is 23.9 Å². The lowest BCUT2D eigenvalue weighted by Crippen LogP contribution is -2.26. The molecule has 2 heterocycles. The Morgan fingerprint density at radius 3 is 2.94 bits per heavy atom. The molecule has 17 heavy (non-hydrogen) atoms. The van der Waals surface area contributed by atoms with Gasteiger partial charge in [-0.3, -0.25) is 4.79 Å². The third-order valence-corrected chi connectivity index (χ3v) is 3.58. The van der Waals surface area contributed by atoms with Crippen molar-refractivity contribution in [3.8, 4) is 10.6 Å². The summed E-state index contributed by atoms with van der Waals surface area (Å²) in [4.78, 5) is 13.0. The Morgan fingerprint density at radius 1 is 1.53 bits per heavy atom. The molecule has 0 spiro atoms. The van der Waals surface area contributed by atoms with Gasteiger partial charge in [-0.25, -0.2) is 4.68 Å². The van der Waals surface area contributed by atoms with E-state index in [2.05, 4.69) is 5.10 Å². The van der Waals surface area contributed by atoms with Gasteiger partial charge in [0.05, 0.1) is 10.8 Å². The summed E-state index contributed by atoms with van der Waals surface area (Å²) in [6.07, 6.45) is 0.878. The number of alkyl halides is 1. The van der Waals surface area contributed by atoms with Crippen molar-refractivity contribution in [2.24, 2.45) is 0 Å². The van der Waals surface area contributed by atoms with Crippen LogP contribution in [0, 0.1) is 0 Å². The number of halogens is 1. The van der Waals surface area contributed by atoms with Gasteiger partial charge in [0.1, 0.15) is 5.69 Å². The molecule has 0 aliphatic heterocycles. The first-order valence-corrected chi connectivity index (χ1v) is 6.88. The van der Waals surface area contributed by atoms with Gasteiger partial charge in [0.2, 0.25) is 0 Å². The van der Waals surface area contributed by atoms with Gasteiger partial charge in [0.15, 0.2) is 0 Å². The first-order chi connectivity index (χ1) is 8.26. The summed E-state index contributed by atoms with van der Waals surface area (Å²) in [5.41, 5.74) is 1.35. The van der Waals surface area contributed by atoms with E-state index in [0.717, 1.165) is 17.0 Å². The van der Waals surface area contributed by atoms with Crippen LogP contribution in [0.4, 0.5) is 0 Å². The highest BCUT2D eigenvalue weighted by atomic mass is 35.5. The van der Waals surface area contributed by atoms with Crippen molar-refractivity contribution in [2.45, 2.75) is 25.8 Å². The number of hydrogen-bond donors (Lipinski definition) is 0. The summed E-state index contributed by atoms with van der Waals surface area (Å²) in [5, 5.41) is 6.36. The molecule has 2 aromatic rings. The first-order valence-electron chi connectivity index (χ1n) is 5.47. The van der Waals surface area contributed by atoms with Gasteiger partial charge < -0.3 is 0 Å². The smallest absolute Gasteiger partial charge is 0.267 e. The summed E-state index contributed by atoms with van der Waals surface area (Å²) in [5.74, 6) is 0.226. The van der Waals surface area contributed by atoms with Crippen molar-refractivity contribution in [3.05, 3.63) is 39.5 Å². The molecule has 2 aromatic heterocycles. The minimum Gasteiger partial charge on any atom is -0.267 e. The molecule has 0 aromatic carbocycles. The van der Waals surface area contributed by atoms with Gasteiger partial charge in [-0.1, -0.05) is 13.0 Å². The number of hydrogen-bond acceptors (Lipinski definition) is 3. The van der Waals surface area contributed by atoms with E-state index in [9.17, 15) is 4.79 Å². The minimum absolute atomic E-state index is 0.0813. The third-order valence-electron chi connectivity index (χ3n) is 2.40. The van der Waals surface area contributed by atoms with E-state index >= 15 is 0 Å². The van der Waals surface area contributed by atoms with E-state index in [1.807, 2.05) is 24.4 Å². The lowest BCUT2D eigenvalue weighted by molar-refractivity contribution is 0.567. The van der Waals surface area contributed by atoms with Crippen molar-refractivity contribution in [3.63, 3.8) is 0 Å². The molecule has 90 valence electrons. The number of aryl methyl sites for hydroxylation is 1. The van der Waals surface area contributed by atoms with Crippen LogP contribution in [0.5, 0.6) is 0 Å². The Morgan fingerprint density at radius 2 is 2.35 bits per heavy atom. The van der Waals surface area contributed by atoms with Crippen molar-refractivity contribution in [1.82, 2.24) is 9.78 Å². The zero-order valence-electron chi connectivity index (χ0n) is 9.52. The summed E-state index contributed by atoms with van der Waals surface area (Å²) in [7, 11) is 0. The zero-order valence-corrected chi connectivity index (χ0v) is 11.1. The normalized spacial score (nSPS) is 10.7. The van der Waals surface area contributed by atoms with E-state index < -0.39 is 0 Å². The molecule has 2 rings (SSSR count). The molecular formula is C12H13ClN2OS. The molecule has 0 radical (unpaired) electrons. The molecule has 0 saturated heterocycles. The van der Waals surface area contributed by atoms with Crippen molar-refractivity contribution in [2.75, 3.05) is 0 Å². The Labute approximate surface area is 109 Å². The van der Waals surface area contributed by atoms with E-state index in [1.165, 1.54) is 4.68 Å². The summed E-state index contributed by atoms with van der Waals surface area (Å²) in [6, 6.07) is 5.75. The highest BCUT2D eigenvalue weighted by Gasteiger charge is 2.09. The van der Waals surface area contributed by atoms with Gasteiger partial charge in [0, 0.05) is 12.1 Å². The molecule has 3 nitrogen and oxygen atoms in total. The van der Waals surface area contributed by atoms with Crippen molar-refractivity contribution < 1.29 is 0 Å². The lowest BCUT2D eigenvalue weighted by Gasteiger charge is -2.07. The van der Waals surface area contributed by atoms with Crippen molar-refractivity contribution in [1.29, 1.82) is 0 Å². The molecule has 0 amide bonds. The average Bonchev–Trinajstić information content (AvgIpc) is 2.85. The maximum absolute atomic E-state index is 11.9. The van der Waals surface area contributed by atoms with Crippen LogP contribution in [0.2, 0.25) is 0 Å². The maximum Gasteiger partial charge on any atom is 0.271 e. The zero-order chi connectivity index (χ0) is 12.3. The van der Waals surface area contributed by atoms with Crippen LogP contribution in [-0.4, -0.2) is 9.78 Å². The second-order valence-electron chi connectivity index (χ2n) is 3.69. The SMILES string of the molecule is CCCn1nc(-c2cccs2)cc(CCl)c1=O. The number of rotatable bonds is 4. The van der Waals surface area contributed by atoms with Crippen LogP contribution in [0.15, 0.2) is 28.4 Å². The topological polar surface area (TPSA) is 34.9 Å². The van der Waals surface area contributed by atoms with Gasteiger partial charge in [-0.15, -0.1) is 22.9 Å². The monoisotopic (exact) mass is 268 g/mol. The molecule has 0 fully saturated rings. The molecule has 0 atom stereocenters. The molecule has 0 N–H and O–H groups in total. The Bertz CT molecular complexity index is 548. The lowest BCUT2D eigenvalue weighted by atomic mass is 10.2. The second kappa shape index (κ2) is 5.47. The van der Waals surface area contributed by atoms with Crippen LogP contribution in [-0.2, 0) is 12.4 Å². The van der Waals surface area contributed by atoms with Crippen LogP contribution < -0.4 is 5.56 Å². The Balaban J connectivity index is 2.55. The maximum atomic E-state index is 11.9. The second-order valence-corrected chi connectivity index (χ2v) is 4.91. The quantitative estimate of drug-likeness (QED) is 0.799. The van der Waals surface area contributed by atoms with Crippen molar-refractivity contribution >= 4 is 22.9 Å². The summed E-state index contributed by atoms with van der Waals surface area (Å²) < 4.78 is 1.51. The van der Waals surface area contributed by atoms with Crippen LogP contribution in [0.3, 0.4) is 0 Å². The standard InChI is InChI=1S/C12H13ClN2OS/c1-2-5-15-12(16)9(8-13)7-10(14-15)11-4-3-6-17-11/h3-4,6-7H,2,5,8H2,1H3. The fourth-order valence-electron chi connectivity index (χ4n) is 1.60. The van der Waals surface area contributed by atoms with Crippen LogP contribution in [0.25, 0.3) is 10.6 Å². The summed E-state index contributed by atoms with van der Waals surface area (Å²) >= 11 is 7.41. The van der Waals surface area contributed by atoms with E-state index in [0.29, 0.717) is 12.1 Å². The van der Waals surface area contributed by atoms with Gasteiger partial charge in [-0.2, -0.15) is 5.10 Å². The molecule has 0 unspecified atom stereocenters. The number of thiophene rings is 1. The molecule has 0 saturated carbocycles. The number of aromatic nitrogens is 2. The van der Waals surface area contributed by atoms with Crippen LogP contribution >= 0.6 is 22.9 Å². The summed E-state index contributed by atoms with van der Waals surface area (Å²) in [6.45, 7) is 2.65. The van der Waals surface area contributed by atoms with Gasteiger partial charge in [0.25, 0.3) is 5.56 Å². The minimum atomic E-state index is -0.0813. The fourth-order valence-corrected chi connectivity index (χ4v) is 2.47. The molecular weight excluding hydrogens is 256 g/mol. The van der Waals surface area contributed by atoms with Crippen LogP contribution in [0.1, 0.15) is 18.9 Å². The van der Waals surface area contributed by atoms with E-state index in [4.69, 9.17) is 11.6 Å². The molecule has 0 bridgehead atoms. The molecule has 0 aliphatic carbocycles.